The summed E-state index contributed by atoms with van der Waals surface area (Å²) < 4.78 is 1.75. The third-order valence-electron chi connectivity index (χ3n) is 4.95. The molecule has 0 radical (unpaired) electrons. The molecule has 1 fully saturated rings. The van der Waals surface area contributed by atoms with E-state index in [1.807, 2.05) is 37.3 Å². The standard InChI is InChI=1S/C19H26N4O.ClH/c1-14-17(13-23(22-14)16-10-6-3-7-11-16)19(24)21-18(12-20)15-8-4-2-5-9-15;/h3,6-7,10-11,13,15,18H,2,4-5,8-9,12,20H2,1H3,(H,21,24);1H. The second kappa shape index (κ2) is 9.02. The molecule has 1 unspecified atom stereocenters. The summed E-state index contributed by atoms with van der Waals surface area (Å²) in [5, 5.41) is 7.61. The molecule has 136 valence electrons. The first-order valence-electron chi connectivity index (χ1n) is 8.81. The molecule has 25 heavy (non-hydrogen) atoms. The van der Waals surface area contributed by atoms with E-state index < -0.39 is 0 Å². The van der Waals surface area contributed by atoms with Gasteiger partial charge in [-0.3, -0.25) is 4.79 Å². The molecule has 0 bridgehead atoms. The molecule has 1 heterocycles. The number of nitrogens with zero attached hydrogens (tertiary/aromatic N) is 2. The number of aryl methyl sites for hydroxylation is 1. The van der Waals surface area contributed by atoms with Crippen molar-refractivity contribution in [3.8, 4) is 5.69 Å². The summed E-state index contributed by atoms with van der Waals surface area (Å²) in [6.07, 6.45) is 7.89. The molecule has 3 rings (SSSR count). The fourth-order valence-corrected chi connectivity index (χ4v) is 3.55. The van der Waals surface area contributed by atoms with Gasteiger partial charge in [0.15, 0.2) is 0 Å². The van der Waals surface area contributed by atoms with Gasteiger partial charge < -0.3 is 11.1 Å². The summed E-state index contributed by atoms with van der Waals surface area (Å²) in [6, 6.07) is 9.87. The number of para-hydroxylation sites is 1. The van der Waals surface area contributed by atoms with E-state index in [9.17, 15) is 4.79 Å². The number of hydrogen-bond acceptors (Lipinski definition) is 3. The Hall–Kier alpha value is -1.85. The third-order valence-corrected chi connectivity index (χ3v) is 4.95. The number of halogens is 1. The fourth-order valence-electron chi connectivity index (χ4n) is 3.55. The van der Waals surface area contributed by atoms with E-state index in [0.29, 0.717) is 18.0 Å². The van der Waals surface area contributed by atoms with Crippen LogP contribution in [0.2, 0.25) is 0 Å². The van der Waals surface area contributed by atoms with Gasteiger partial charge in [-0.2, -0.15) is 5.10 Å². The Kier molecular flexibility index (Phi) is 7.02. The molecule has 1 aliphatic carbocycles. The third kappa shape index (κ3) is 4.61. The second-order valence-corrected chi connectivity index (χ2v) is 6.62. The SMILES string of the molecule is Cc1nn(-c2ccccc2)cc1C(=O)NC(CN)C1CCCCC1.Cl. The van der Waals surface area contributed by atoms with Crippen molar-refractivity contribution in [2.75, 3.05) is 6.54 Å². The summed E-state index contributed by atoms with van der Waals surface area (Å²) in [5.74, 6) is 0.424. The molecule has 1 aromatic heterocycles. The zero-order valence-corrected chi connectivity index (χ0v) is 15.5. The van der Waals surface area contributed by atoms with Crippen LogP contribution in [0.25, 0.3) is 5.69 Å². The van der Waals surface area contributed by atoms with Gasteiger partial charge in [-0.25, -0.2) is 4.68 Å². The van der Waals surface area contributed by atoms with Crippen LogP contribution >= 0.6 is 12.4 Å². The van der Waals surface area contributed by atoms with E-state index in [-0.39, 0.29) is 24.4 Å². The van der Waals surface area contributed by atoms with Crippen molar-refractivity contribution in [3.63, 3.8) is 0 Å². The maximum atomic E-state index is 12.7. The summed E-state index contributed by atoms with van der Waals surface area (Å²) in [7, 11) is 0. The predicted molar refractivity (Wildman–Crippen MR) is 102 cm³/mol. The highest BCUT2D eigenvalue weighted by Gasteiger charge is 2.25. The molecule has 1 aromatic carbocycles. The van der Waals surface area contributed by atoms with Gasteiger partial charge in [0.05, 0.1) is 16.9 Å². The largest absolute Gasteiger partial charge is 0.348 e. The van der Waals surface area contributed by atoms with Crippen molar-refractivity contribution in [2.45, 2.75) is 45.1 Å². The Balaban J connectivity index is 0.00000225. The first-order valence-corrected chi connectivity index (χ1v) is 8.81. The highest BCUT2D eigenvalue weighted by atomic mass is 35.5. The number of carbonyl (C=O) groups is 1. The highest BCUT2D eigenvalue weighted by molar-refractivity contribution is 5.95. The Morgan fingerprint density at radius 2 is 1.96 bits per heavy atom. The zero-order chi connectivity index (χ0) is 16.9. The minimum absolute atomic E-state index is 0. The van der Waals surface area contributed by atoms with Crippen LogP contribution in [0.15, 0.2) is 36.5 Å². The second-order valence-electron chi connectivity index (χ2n) is 6.62. The fraction of sp³-hybridized carbons (Fsp3) is 0.474. The number of nitrogens with one attached hydrogen (secondary N) is 1. The summed E-state index contributed by atoms with van der Waals surface area (Å²) >= 11 is 0. The van der Waals surface area contributed by atoms with Gasteiger partial charge in [-0.15, -0.1) is 12.4 Å². The first kappa shape index (κ1) is 19.5. The molecule has 0 spiro atoms. The molecular weight excluding hydrogens is 336 g/mol. The molecule has 3 N–H and O–H groups in total. The van der Waals surface area contributed by atoms with Crippen LogP contribution in [0.4, 0.5) is 0 Å². The van der Waals surface area contributed by atoms with E-state index in [2.05, 4.69) is 10.4 Å². The molecular formula is C19H27ClN4O. The van der Waals surface area contributed by atoms with Gasteiger partial charge in [-0.05, 0) is 37.8 Å². The number of nitrogens with two attached hydrogens (primary N) is 1. The Labute approximate surface area is 155 Å². The van der Waals surface area contributed by atoms with Crippen molar-refractivity contribution in [1.29, 1.82) is 0 Å². The van der Waals surface area contributed by atoms with E-state index >= 15 is 0 Å². The molecule has 1 saturated carbocycles. The normalized spacial score (nSPS) is 16.1. The first-order chi connectivity index (χ1) is 11.7. The molecule has 1 aliphatic rings. The summed E-state index contributed by atoms with van der Waals surface area (Å²) in [5.41, 5.74) is 8.23. The molecule has 6 heteroatoms. The molecule has 1 atom stereocenters. The summed E-state index contributed by atoms with van der Waals surface area (Å²) in [4.78, 5) is 12.7. The van der Waals surface area contributed by atoms with Gasteiger partial charge in [-0.1, -0.05) is 37.5 Å². The van der Waals surface area contributed by atoms with Crippen LogP contribution in [0, 0.1) is 12.8 Å². The van der Waals surface area contributed by atoms with Crippen LogP contribution in [-0.4, -0.2) is 28.3 Å². The number of hydrogen-bond donors (Lipinski definition) is 2. The monoisotopic (exact) mass is 362 g/mol. The van der Waals surface area contributed by atoms with E-state index in [4.69, 9.17) is 5.73 Å². The number of carbonyl (C=O) groups excluding carboxylic acids is 1. The number of benzene rings is 1. The minimum atomic E-state index is -0.0734. The van der Waals surface area contributed by atoms with E-state index in [1.54, 1.807) is 10.9 Å². The average Bonchev–Trinajstić information content (AvgIpc) is 3.03. The maximum Gasteiger partial charge on any atom is 0.255 e. The van der Waals surface area contributed by atoms with Crippen LogP contribution < -0.4 is 11.1 Å². The van der Waals surface area contributed by atoms with Crippen LogP contribution in [0.5, 0.6) is 0 Å². The summed E-state index contributed by atoms with van der Waals surface area (Å²) in [6.45, 7) is 2.36. The number of amides is 1. The molecule has 1 amide bonds. The van der Waals surface area contributed by atoms with Crippen molar-refractivity contribution in [3.05, 3.63) is 47.8 Å². The quantitative estimate of drug-likeness (QED) is 0.857. The lowest BCUT2D eigenvalue weighted by Crippen LogP contribution is -2.46. The van der Waals surface area contributed by atoms with Crippen molar-refractivity contribution in [1.82, 2.24) is 15.1 Å². The Morgan fingerprint density at radius 3 is 2.60 bits per heavy atom. The number of rotatable bonds is 5. The lowest BCUT2D eigenvalue weighted by molar-refractivity contribution is 0.0915. The van der Waals surface area contributed by atoms with Gasteiger partial charge >= 0.3 is 0 Å². The zero-order valence-electron chi connectivity index (χ0n) is 14.6. The van der Waals surface area contributed by atoms with Gasteiger partial charge in [0, 0.05) is 18.8 Å². The van der Waals surface area contributed by atoms with Crippen molar-refractivity contribution < 1.29 is 4.79 Å². The van der Waals surface area contributed by atoms with E-state index in [1.165, 1.54) is 19.3 Å². The van der Waals surface area contributed by atoms with Gasteiger partial charge in [0.2, 0.25) is 0 Å². The Bertz CT molecular complexity index is 680. The van der Waals surface area contributed by atoms with Crippen LogP contribution in [-0.2, 0) is 0 Å². The smallest absolute Gasteiger partial charge is 0.255 e. The molecule has 0 saturated heterocycles. The van der Waals surface area contributed by atoms with Crippen molar-refractivity contribution in [2.24, 2.45) is 11.7 Å². The number of aromatic nitrogens is 2. The lowest BCUT2D eigenvalue weighted by Gasteiger charge is -2.30. The predicted octanol–water partition coefficient (Wildman–Crippen LogP) is 3.24. The van der Waals surface area contributed by atoms with Gasteiger partial charge in [0.25, 0.3) is 5.91 Å². The minimum Gasteiger partial charge on any atom is -0.348 e. The van der Waals surface area contributed by atoms with Gasteiger partial charge in [0.1, 0.15) is 0 Å². The Morgan fingerprint density at radius 1 is 1.28 bits per heavy atom. The topological polar surface area (TPSA) is 72.9 Å². The van der Waals surface area contributed by atoms with Crippen LogP contribution in [0.3, 0.4) is 0 Å². The highest BCUT2D eigenvalue weighted by Crippen LogP contribution is 2.26. The lowest BCUT2D eigenvalue weighted by atomic mass is 9.84. The molecule has 2 aromatic rings. The maximum absolute atomic E-state index is 12.7. The van der Waals surface area contributed by atoms with Crippen LogP contribution in [0.1, 0.15) is 48.2 Å². The average molecular weight is 363 g/mol. The van der Waals surface area contributed by atoms with E-state index in [0.717, 1.165) is 24.2 Å². The van der Waals surface area contributed by atoms with Crippen molar-refractivity contribution >= 4 is 18.3 Å². The molecule has 5 nitrogen and oxygen atoms in total. The molecule has 0 aliphatic heterocycles.